The van der Waals surface area contributed by atoms with Crippen molar-refractivity contribution in [2.45, 2.75) is 5.41 Å². The van der Waals surface area contributed by atoms with Gasteiger partial charge in [-0.15, -0.1) is 0 Å². The first-order valence-electron chi connectivity index (χ1n) is 19.5. The summed E-state index contributed by atoms with van der Waals surface area (Å²) in [5.41, 5.74) is 18.2. The van der Waals surface area contributed by atoms with Crippen molar-refractivity contribution in [1.82, 2.24) is 19.1 Å². The molecule has 0 saturated heterocycles. The van der Waals surface area contributed by atoms with Crippen LogP contribution in [0.25, 0.3) is 77.5 Å². The Morgan fingerprint density at radius 3 is 1.49 bits per heavy atom. The summed E-state index contributed by atoms with van der Waals surface area (Å²) in [5.74, 6) is 0. The van der Waals surface area contributed by atoms with Gasteiger partial charge in [0.2, 0.25) is 0 Å². The van der Waals surface area contributed by atoms with Crippen LogP contribution in [-0.2, 0) is 5.41 Å². The Labute approximate surface area is 329 Å². The number of rotatable bonds is 5. The van der Waals surface area contributed by atoms with Gasteiger partial charge in [-0.2, -0.15) is 0 Å². The maximum atomic E-state index is 4.66. The smallest absolute Gasteiger partial charge is 0.115 e. The van der Waals surface area contributed by atoms with Gasteiger partial charge in [0.25, 0.3) is 0 Å². The summed E-state index contributed by atoms with van der Waals surface area (Å²) < 4.78 is 4.70. The molecule has 4 nitrogen and oxygen atoms in total. The van der Waals surface area contributed by atoms with E-state index in [2.05, 4.69) is 201 Å². The average Bonchev–Trinajstić information content (AvgIpc) is 3.92. The van der Waals surface area contributed by atoms with E-state index in [9.17, 15) is 0 Å². The molecule has 0 spiro atoms. The highest BCUT2D eigenvalue weighted by Gasteiger charge is 2.47. The summed E-state index contributed by atoms with van der Waals surface area (Å²) in [6.07, 6.45) is 3.67. The summed E-state index contributed by atoms with van der Waals surface area (Å²) in [4.78, 5) is 9.33. The monoisotopic (exact) mass is 726 g/mol. The zero-order valence-electron chi connectivity index (χ0n) is 30.9. The summed E-state index contributed by atoms with van der Waals surface area (Å²) >= 11 is 0. The third-order valence-corrected chi connectivity index (χ3v) is 12.1. The number of hydrogen-bond acceptors (Lipinski definition) is 2. The minimum absolute atomic E-state index is 0.495. The molecule has 0 saturated carbocycles. The zero-order valence-corrected chi connectivity index (χ0v) is 30.9. The van der Waals surface area contributed by atoms with Crippen LogP contribution < -0.4 is 0 Å². The van der Waals surface area contributed by atoms with Crippen LogP contribution in [-0.4, -0.2) is 19.1 Å². The van der Waals surface area contributed by atoms with Crippen LogP contribution in [0.1, 0.15) is 22.3 Å². The molecule has 4 heterocycles. The minimum atomic E-state index is -0.495. The van der Waals surface area contributed by atoms with Gasteiger partial charge in [0, 0.05) is 34.5 Å². The predicted octanol–water partition coefficient (Wildman–Crippen LogP) is 12.7. The largest absolute Gasteiger partial charge is 0.309 e. The van der Waals surface area contributed by atoms with Crippen LogP contribution in [0.5, 0.6) is 0 Å². The van der Waals surface area contributed by atoms with E-state index >= 15 is 0 Å². The first-order chi connectivity index (χ1) is 28.3. The highest BCUT2D eigenvalue weighted by Crippen LogP contribution is 2.59. The molecular formula is C53H34N4. The summed E-state index contributed by atoms with van der Waals surface area (Å²) in [7, 11) is 0. The van der Waals surface area contributed by atoms with Crippen LogP contribution in [0.4, 0.5) is 0 Å². The Balaban J connectivity index is 1.02. The van der Waals surface area contributed by atoms with Gasteiger partial charge in [-0.05, 0) is 105 Å². The highest BCUT2D eigenvalue weighted by atomic mass is 15.0. The second kappa shape index (κ2) is 12.2. The van der Waals surface area contributed by atoms with Crippen molar-refractivity contribution >= 4 is 43.9 Å². The van der Waals surface area contributed by atoms with Crippen LogP contribution in [0.3, 0.4) is 0 Å². The summed E-state index contributed by atoms with van der Waals surface area (Å²) in [6.45, 7) is 0. The van der Waals surface area contributed by atoms with Crippen molar-refractivity contribution in [3.05, 3.63) is 229 Å². The molecule has 0 bridgehead atoms. The van der Waals surface area contributed by atoms with Gasteiger partial charge in [-0.1, -0.05) is 133 Å². The first kappa shape index (κ1) is 31.8. The molecule has 57 heavy (non-hydrogen) atoms. The molecule has 0 radical (unpaired) electrons. The summed E-state index contributed by atoms with van der Waals surface area (Å²) in [5, 5.41) is 2.55. The van der Waals surface area contributed by atoms with E-state index in [4.69, 9.17) is 0 Å². The number of hydrogen-bond donors (Lipinski definition) is 0. The average molecular weight is 727 g/mol. The van der Waals surface area contributed by atoms with Crippen LogP contribution in [0.2, 0.25) is 0 Å². The molecule has 0 atom stereocenters. The lowest BCUT2D eigenvalue weighted by atomic mass is 9.67. The van der Waals surface area contributed by atoms with Crippen LogP contribution in [0.15, 0.2) is 207 Å². The van der Waals surface area contributed by atoms with Gasteiger partial charge >= 0.3 is 0 Å². The number of para-hydroxylation sites is 1. The molecule has 266 valence electrons. The lowest BCUT2D eigenvalue weighted by Crippen LogP contribution is -2.28. The molecule has 0 fully saturated rings. The van der Waals surface area contributed by atoms with Crippen molar-refractivity contribution in [1.29, 1.82) is 0 Å². The van der Waals surface area contributed by atoms with E-state index in [1.54, 1.807) is 0 Å². The molecule has 7 aromatic carbocycles. The Kier molecular flexibility index (Phi) is 6.81. The molecule has 11 aromatic rings. The maximum absolute atomic E-state index is 4.66. The number of pyridine rings is 2. The van der Waals surface area contributed by atoms with Crippen LogP contribution in [0, 0.1) is 0 Å². The van der Waals surface area contributed by atoms with Crippen molar-refractivity contribution in [3.8, 4) is 33.6 Å². The van der Waals surface area contributed by atoms with E-state index < -0.39 is 5.41 Å². The molecule has 0 aliphatic heterocycles. The van der Waals surface area contributed by atoms with E-state index in [0.717, 1.165) is 39.0 Å². The van der Waals surface area contributed by atoms with E-state index in [1.165, 1.54) is 60.8 Å². The molecule has 12 rings (SSSR count). The lowest BCUT2D eigenvalue weighted by Gasteiger charge is -2.34. The Bertz CT molecular complexity index is 3230. The lowest BCUT2D eigenvalue weighted by molar-refractivity contribution is 0.776. The second-order valence-corrected chi connectivity index (χ2v) is 14.9. The SMILES string of the molecule is c1ccc(C2(c3ccccc3)c3ccccc3-c3ccc4c(c32)c2ccccc2n4-c2ccc(-c3ccc(-n4c5cccnc5c5ncccc54)cc3)cc2)cc1. The third kappa shape index (κ3) is 4.44. The second-order valence-electron chi connectivity index (χ2n) is 14.9. The Morgan fingerprint density at radius 2 is 0.877 bits per heavy atom. The van der Waals surface area contributed by atoms with Gasteiger partial charge in [-0.25, -0.2) is 0 Å². The topological polar surface area (TPSA) is 35.6 Å². The van der Waals surface area contributed by atoms with E-state index in [-0.39, 0.29) is 0 Å². The minimum Gasteiger partial charge on any atom is -0.309 e. The third-order valence-electron chi connectivity index (χ3n) is 12.1. The quantitative estimate of drug-likeness (QED) is 0.177. The number of aromatic nitrogens is 4. The van der Waals surface area contributed by atoms with Crippen molar-refractivity contribution in [2.24, 2.45) is 0 Å². The zero-order chi connectivity index (χ0) is 37.5. The Morgan fingerprint density at radius 1 is 0.368 bits per heavy atom. The molecule has 1 aliphatic rings. The van der Waals surface area contributed by atoms with E-state index in [1.807, 2.05) is 24.5 Å². The number of benzene rings is 7. The number of nitrogens with zero attached hydrogens (tertiary/aromatic N) is 4. The fraction of sp³-hybridized carbons (Fsp3) is 0.0189. The maximum Gasteiger partial charge on any atom is 0.115 e. The summed E-state index contributed by atoms with van der Waals surface area (Å²) in [6, 6.07) is 70.8. The predicted molar refractivity (Wildman–Crippen MR) is 233 cm³/mol. The molecule has 0 N–H and O–H groups in total. The normalized spacial score (nSPS) is 13.1. The van der Waals surface area contributed by atoms with Gasteiger partial charge in [-0.3, -0.25) is 9.97 Å². The molecule has 0 amide bonds. The number of fused-ring (bicyclic) bond motifs is 10. The van der Waals surface area contributed by atoms with Gasteiger partial charge in [0.15, 0.2) is 0 Å². The van der Waals surface area contributed by atoms with Gasteiger partial charge < -0.3 is 9.13 Å². The van der Waals surface area contributed by atoms with Gasteiger partial charge in [0.1, 0.15) is 11.0 Å². The molecule has 1 aliphatic carbocycles. The first-order valence-corrected chi connectivity index (χ1v) is 19.5. The van der Waals surface area contributed by atoms with Crippen molar-refractivity contribution in [2.75, 3.05) is 0 Å². The highest BCUT2D eigenvalue weighted by molar-refractivity contribution is 6.15. The van der Waals surface area contributed by atoms with E-state index in [0.29, 0.717) is 0 Å². The van der Waals surface area contributed by atoms with Crippen molar-refractivity contribution < 1.29 is 0 Å². The molecule has 0 unspecified atom stereocenters. The fourth-order valence-corrected chi connectivity index (χ4v) is 9.81. The Hall–Kier alpha value is -7.56. The molecular weight excluding hydrogens is 693 g/mol. The standard InChI is InChI=1S/C53H34N4/c1-3-13-37(14-4-1)53(38-15-5-2-6-16-38)44-19-9-7-17-41(44)42-31-32-46-49(50(42)53)43-18-8-10-20-45(43)56(46)39-27-23-35(24-28-39)36-25-29-40(30-26-36)57-47-21-11-33-54-51(47)52-48(57)22-12-34-55-52/h1-34H. The van der Waals surface area contributed by atoms with Crippen LogP contribution >= 0.6 is 0 Å². The van der Waals surface area contributed by atoms with Gasteiger partial charge in [0.05, 0.1) is 27.5 Å². The molecule has 4 aromatic heterocycles. The van der Waals surface area contributed by atoms with Crippen molar-refractivity contribution in [3.63, 3.8) is 0 Å². The fourth-order valence-electron chi connectivity index (χ4n) is 9.81. The molecule has 4 heteroatoms.